The molecule has 0 spiro atoms. The second-order valence-electron chi connectivity index (χ2n) is 4.31. The van der Waals surface area contributed by atoms with Gasteiger partial charge in [-0.1, -0.05) is 0 Å². The minimum absolute atomic E-state index is 0.0552. The first-order valence-corrected chi connectivity index (χ1v) is 7.32. The number of nitrogens with zero attached hydrogens (tertiary/aromatic N) is 4. The molecule has 1 amide bonds. The number of hydrogen-bond donors (Lipinski definition) is 0. The number of hydrogen-bond acceptors (Lipinski definition) is 4. The molecule has 7 heteroatoms. The largest absolute Gasteiger partial charge is 0.334 e. The molecule has 0 aromatic carbocycles. The number of carbonyl (C=O) groups is 1. The monoisotopic (exact) mass is 336 g/mol. The summed E-state index contributed by atoms with van der Waals surface area (Å²) in [7, 11) is 0. The molecule has 1 aliphatic rings. The third kappa shape index (κ3) is 2.29. The molecular formula is C12H9BrN4OS. The Balaban J connectivity index is 1.64. The van der Waals surface area contributed by atoms with Gasteiger partial charge in [0.05, 0.1) is 22.7 Å². The highest BCUT2D eigenvalue weighted by Crippen LogP contribution is 2.26. The van der Waals surface area contributed by atoms with Gasteiger partial charge in [0.25, 0.3) is 5.91 Å². The van der Waals surface area contributed by atoms with Gasteiger partial charge in [0.2, 0.25) is 0 Å². The van der Waals surface area contributed by atoms with Crippen molar-refractivity contribution in [1.29, 1.82) is 5.26 Å². The lowest BCUT2D eigenvalue weighted by Crippen LogP contribution is -2.50. The highest BCUT2D eigenvalue weighted by Gasteiger charge is 2.33. The van der Waals surface area contributed by atoms with Crippen LogP contribution in [0.5, 0.6) is 0 Å². The molecular weight excluding hydrogens is 328 g/mol. The van der Waals surface area contributed by atoms with Gasteiger partial charge in [-0.15, -0.1) is 11.3 Å². The van der Waals surface area contributed by atoms with Gasteiger partial charge in [0.15, 0.2) is 0 Å². The first kappa shape index (κ1) is 12.4. The van der Waals surface area contributed by atoms with Crippen molar-refractivity contribution in [3.05, 3.63) is 38.8 Å². The van der Waals surface area contributed by atoms with Crippen LogP contribution in [0.25, 0.3) is 0 Å². The summed E-state index contributed by atoms with van der Waals surface area (Å²) in [5.41, 5.74) is 0.548. The lowest BCUT2D eigenvalue weighted by Gasteiger charge is -2.38. The molecule has 0 bridgehead atoms. The molecule has 3 heterocycles. The van der Waals surface area contributed by atoms with Crippen molar-refractivity contribution in [2.24, 2.45) is 0 Å². The van der Waals surface area contributed by atoms with Crippen LogP contribution >= 0.6 is 27.3 Å². The van der Waals surface area contributed by atoms with Crippen LogP contribution in [0.4, 0.5) is 0 Å². The highest BCUT2D eigenvalue weighted by atomic mass is 79.9. The Labute approximate surface area is 122 Å². The minimum atomic E-state index is 0.0552. The summed E-state index contributed by atoms with van der Waals surface area (Å²) in [4.78, 5) is 14.6. The van der Waals surface area contributed by atoms with Crippen molar-refractivity contribution < 1.29 is 4.79 Å². The van der Waals surface area contributed by atoms with Crippen molar-refractivity contribution in [2.45, 2.75) is 6.04 Å². The van der Waals surface area contributed by atoms with E-state index in [0.29, 0.717) is 18.7 Å². The minimum Gasteiger partial charge on any atom is -0.334 e. The molecule has 1 saturated heterocycles. The number of halogens is 1. The van der Waals surface area contributed by atoms with Crippen LogP contribution in [0.15, 0.2) is 28.3 Å². The Bertz CT molecular complexity index is 665. The number of amides is 1. The van der Waals surface area contributed by atoms with Crippen LogP contribution < -0.4 is 0 Å². The smallest absolute Gasteiger partial charge is 0.264 e. The number of carbonyl (C=O) groups excluding carboxylic acids is 1. The van der Waals surface area contributed by atoms with Crippen molar-refractivity contribution in [2.75, 3.05) is 13.1 Å². The molecule has 1 aliphatic heterocycles. The van der Waals surface area contributed by atoms with E-state index >= 15 is 0 Å². The van der Waals surface area contributed by atoms with Gasteiger partial charge < -0.3 is 4.90 Å². The topological polar surface area (TPSA) is 61.9 Å². The third-order valence-corrected chi connectivity index (χ3v) is 4.71. The third-order valence-electron chi connectivity index (χ3n) is 3.03. The quantitative estimate of drug-likeness (QED) is 0.845. The fourth-order valence-corrected chi connectivity index (χ4v) is 3.36. The molecule has 19 heavy (non-hydrogen) atoms. The van der Waals surface area contributed by atoms with Crippen LogP contribution in [-0.4, -0.2) is 33.7 Å². The molecule has 2 aromatic rings. The van der Waals surface area contributed by atoms with Crippen LogP contribution in [-0.2, 0) is 0 Å². The highest BCUT2D eigenvalue weighted by molar-refractivity contribution is 9.10. The molecule has 0 saturated carbocycles. The molecule has 1 fully saturated rings. The number of rotatable bonds is 2. The van der Waals surface area contributed by atoms with Crippen molar-refractivity contribution >= 4 is 33.2 Å². The Morgan fingerprint density at radius 1 is 1.58 bits per heavy atom. The summed E-state index contributed by atoms with van der Waals surface area (Å²) in [5, 5.41) is 14.8. The van der Waals surface area contributed by atoms with Crippen molar-refractivity contribution in [3.8, 4) is 6.07 Å². The fourth-order valence-electron chi connectivity index (χ4n) is 1.96. The SMILES string of the molecule is N#Cc1cnn(C2CN(C(=O)c3cc(Br)cs3)C2)c1. The first-order valence-electron chi connectivity index (χ1n) is 5.65. The Morgan fingerprint density at radius 3 is 2.95 bits per heavy atom. The van der Waals surface area contributed by atoms with Gasteiger partial charge in [-0.05, 0) is 22.0 Å². The van der Waals surface area contributed by atoms with E-state index in [1.54, 1.807) is 22.0 Å². The molecule has 0 radical (unpaired) electrons. The van der Waals surface area contributed by atoms with Crippen LogP contribution in [0.2, 0.25) is 0 Å². The lowest BCUT2D eigenvalue weighted by molar-refractivity contribution is 0.0506. The lowest BCUT2D eigenvalue weighted by atomic mass is 10.1. The Hall–Kier alpha value is -1.65. The van der Waals surface area contributed by atoms with E-state index in [4.69, 9.17) is 5.26 Å². The molecule has 0 aliphatic carbocycles. The van der Waals surface area contributed by atoms with Gasteiger partial charge in [-0.25, -0.2) is 0 Å². The summed E-state index contributed by atoms with van der Waals surface area (Å²) >= 11 is 4.78. The second kappa shape index (κ2) is 4.79. The van der Waals surface area contributed by atoms with Gasteiger partial charge in [-0.2, -0.15) is 10.4 Å². The molecule has 3 rings (SSSR count). The van der Waals surface area contributed by atoms with Crippen molar-refractivity contribution in [3.63, 3.8) is 0 Å². The zero-order chi connectivity index (χ0) is 13.4. The second-order valence-corrected chi connectivity index (χ2v) is 6.14. The summed E-state index contributed by atoms with van der Waals surface area (Å²) in [6.07, 6.45) is 3.26. The van der Waals surface area contributed by atoms with E-state index in [2.05, 4.69) is 21.0 Å². The Kier molecular flexibility index (Phi) is 3.12. The predicted molar refractivity (Wildman–Crippen MR) is 73.9 cm³/mol. The summed E-state index contributed by atoms with van der Waals surface area (Å²) in [6.45, 7) is 1.28. The van der Waals surface area contributed by atoms with E-state index in [1.807, 2.05) is 17.5 Å². The molecule has 96 valence electrons. The van der Waals surface area contributed by atoms with E-state index in [9.17, 15) is 4.79 Å². The summed E-state index contributed by atoms with van der Waals surface area (Å²) in [5.74, 6) is 0.0552. The van der Waals surface area contributed by atoms with Crippen LogP contribution in [0, 0.1) is 11.3 Å². The zero-order valence-electron chi connectivity index (χ0n) is 9.78. The maximum absolute atomic E-state index is 12.1. The first-order chi connectivity index (χ1) is 9.17. The van der Waals surface area contributed by atoms with Crippen LogP contribution in [0.1, 0.15) is 21.3 Å². The number of thiophene rings is 1. The Morgan fingerprint density at radius 2 is 2.37 bits per heavy atom. The standard InChI is InChI=1S/C12H9BrN4OS/c13-9-1-11(19-7-9)12(18)16-5-10(6-16)17-4-8(2-14)3-15-17/h1,3-4,7,10H,5-6H2. The summed E-state index contributed by atoms with van der Waals surface area (Å²) < 4.78 is 2.69. The van der Waals surface area contributed by atoms with Gasteiger partial charge >= 0.3 is 0 Å². The van der Waals surface area contributed by atoms with Crippen molar-refractivity contribution in [1.82, 2.24) is 14.7 Å². The zero-order valence-corrected chi connectivity index (χ0v) is 12.2. The van der Waals surface area contributed by atoms with Gasteiger partial charge in [0.1, 0.15) is 6.07 Å². The maximum atomic E-state index is 12.1. The predicted octanol–water partition coefficient (Wildman–Crippen LogP) is 2.28. The van der Waals surface area contributed by atoms with E-state index < -0.39 is 0 Å². The maximum Gasteiger partial charge on any atom is 0.264 e. The average Bonchev–Trinajstić information content (AvgIpc) is 2.96. The summed E-state index contributed by atoms with van der Waals surface area (Å²) in [6, 6.07) is 4.06. The number of nitriles is 1. The van der Waals surface area contributed by atoms with Crippen LogP contribution in [0.3, 0.4) is 0 Å². The molecule has 2 aromatic heterocycles. The fraction of sp³-hybridized carbons (Fsp3) is 0.250. The average molecular weight is 337 g/mol. The molecule has 0 atom stereocenters. The molecule has 0 unspecified atom stereocenters. The van der Waals surface area contributed by atoms with E-state index in [1.165, 1.54) is 11.3 Å². The number of aromatic nitrogens is 2. The normalized spacial score (nSPS) is 15.1. The van der Waals surface area contributed by atoms with E-state index in [-0.39, 0.29) is 11.9 Å². The van der Waals surface area contributed by atoms with E-state index in [0.717, 1.165) is 9.35 Å². The molecule has 5 nitrogen and oxygen atoms in total. The van der Waals surface area contributed by atoms with Gasteiger partial charge in [-0.3, -0.25) is 9.48 Å². The van der Waals surface area contributed by atoms with Gasteiger partial charge in [0, 0.05) is 29.1 Å². The number of likely N-dealkylation sites (tertiary alicyclic amines) is 1. The molecule has 0 N–H and O–H groups in total.